The second-order valence-electron chi connectivity index (χ2n) is 7.15. The van der Waals surface area contributed by atoms with Crippen LogP contribution in [0.4, 0.5) is 5.13 Å². The summed E-state index contributed by atoms with van der Waals surface area (Å²) in [5, 5.41) is 3.15. The van der Waals surface area contributed by atoms with Crippen LogP contribution in [0.25, 0.3) is 11.5 Å². The van der Waals surface area contributed by atoms with Crippen molar-refractivity contribution in [1.82, 2.24) is 4.98 Å². The van der Waals surface area contributed by atoms with E-state index in [0.29, 0.717) is 73.6 Å². The van der Waals surface area contributed by atoms with E-state index in [0.717, 1.165) is 0 Å². The number of ketones is 1. The summed E-state index contributed by atoms with van der Waals surface area (Å²) in [4.78, 5) is 30.8. The first-order chi connectivity index (χ1) is 13.6. The number of nitrogens with two attached hydrogens (primary N) is 1. The van der Waals surface area contributed by atoms with Gasteiger partial charge < -0.3 is 24.9 Å². The molecule has 3 N–H and O–H groups in total. The van der Waals surface area contributed by atoms with Crippen molar-refractivity contribution < 1.29 is 23.5 Å². The van der Waals surface area contributed by atoms with Crippen LogP contribution in [0, 0.1) is 5.92 Å². The quantitative estimate of drug-likeness (QED) is 0.734. The number of thiazole rings is 1. The lowest BCUT2D eigenvalue weighted by molar-refractivity contribution is -0.124. The van der Waals surface area contributed by atoms with E-state index in [1.165, 1.54) is 17.6 Å². The Morgan fingerprint density at radius 2 is 1.89 bits per heavy atom. The van der Waals surface area contributed by atoms with Crippen LogP contribution in [0.2, 0.25) is 0 Å². The van der Waals surface area contributed by atoms with E-state index in [4.69, 9.17) is 19.6 Å². The molecule has 0 bridgehead atoms. The predicted molar refractivity (Wildman–Crippen MR) is 103 cm³/mol. The van der Waals surface area contributed by atoms with Crippen molar-refractivity contribution in [2.75, 3.05) is 31.7 Å². The molecular weight excluding hydrogens is 382 g/mol. The van der Waals surface area contributed by atoms with Gasteiger partial charge in [-0.1, -0.05) is 11.3 Å². The van der Waals surface area contributed by atoms with E-state index in [9.17, 15) is 9.59 Å². The lowest BCUT2D eigenvalue weighted by Gasteiger charge is -2.31. The van der Waals surface area contributed by atoms with Gasteiger partial charge in [0.2, 0.25) is 5.91 Å². The molecule has 4 heterocycles. The summed E-state index contributed by atoms with van der Waals surface area (Å²) in [6.45, 7) is 2.05. The molecule has 28 heavy (non-hydrogen) atoms. The van der Waals surface area contributed by atoms with Gasteiger partial charge in [-0.15, -0.1) is 0 Å². The normalized spacial score (nSPS) is 20.0. The molecule has 9 heteroatoms. The fourth-order valence-corrected chi connectivity index (χ4v) is 4.43. The Kier molecular flexibility index (Phi) is 5.58. The predicted octanol–water partition coefficient (Wildman–Crippen LogP) is 2.46. The van der Waals surface area contributed by atoms with Crippen LogP contribution in [0.1, 0.15) is 35.4 Å². The summed E-state index contributed by atoms with van der Waals surface area (Å²) in [6.07, 6.45) is 3.79. The maximum Gasteiger partial charge on any atom is 0.246 e. The molecule has 4 rings (SSSR count). The summed E-state index contributed by atoms with van der Waals surface area (Å²) in [5.74, 6) is 0.102. The topological polar surface area (TPSA) is 117 Å². The van der Waals surface area contributed by atoms with Crippen molar-refractivity contribution in [1.29, 1.82) is 0 Å². The van der Waals surface area contributed by atoms with Crippen LogP contribution in [0.5, 0.6) is 0 Å². The highest BCUT2D eigenvalue weighted by Crippen LogP contribution is 2.35. The molecular formula is C19H23N3O5S. The second-order valence-corrected chi connectivity index (χ2v) is 8.15. The van der Waals surface area contributed by atoms with E-state index in [1.54, 1.807) is 12.1 Å². The smallest absolute Gasteiger partial charge is 0.246 e. The third-order valence-electron chi connectivity index (χ3n) is 5.26. The number of rotatable bonds is 5. The number of aromatic nitrogens is 1. The van der Waals surface area contributed by atoms with Crippen LogP contribution in [0.3, 0.4) is 0 Å². The zero-order chi connectivity index (χ0) is 19.6. The summed E-state index contributed by atoms with van der Waals surface area (Å²) >= 11 is 1.17. The molecule has 2 fully saturated rings. The van der Waals surface area contributed by atoms with E-state index in [1.807, 2.05) is 0 Å². The zero-order valence-corrected chi connectivity index (χ0v) is 16.3. The van der Waals surface area contributed by atoms with Gasteiger partial charge in [-0.05, 0) is 37.8 Å². The Bertz CT molecular complexity index is 836. The Balaban J connectivity index is 1.60. The van der Waals surface area contributed by atoms with Gasteiger partial charge in [-0.25, -0.2) is 4.98 Å². The minimum atomic E-state index is -0.986. The fourth-order valence-electron chi connectivity index (χ4n) is 3.45. The number of hydrogen-bond acceptors (Lipinski definition) is 8. The highest BCUT2D eigenvalue weighted by Gasteiger charge is 2.37. The number of furan rings is 1. The molecule has 0 spiro atoms. The molecule has 0 aliphatic carbocycles. The lowest BCUT2D eigenvalue weighted by atomic mass is 9.90. The number of hydrogen-bond donors (Lipinski definition) is 2. The Morgan fingerprint density at radius 1 is 1.18 bits per heavy atom. The van der Waals surface area contributed by atoms with E-state index in [-0.39, 0.29) is 17.6 Å². The minimum absolute atomic E-state index is 0.0150. The standard InChI is InChI=1S/C19H23N3O5S/c20-19(5-10-26-11-6-19)17(24)22-18-21-14(13-2-1-7-27-13)16(28-18)15(23)12-3-8-25-9-4-12/h1-2,7,12H,3-6,8-11,20H2,(H,21,22,24). The van der Waals surface area contributed by atoms with Crippen molar-refractivity contribution in [2.24, 2.45) is 11.7 Å². The van der Waals surface area contributed by atoms with Crippen LogP contribution in [-0.2, 0) is 14.3 Å². The largest absolute Gasteiger partial charge is 0.463 e. The molecule has 2 aromatic rings. The van der Waals surface area contributed by atoms with E-state index >= 15 is 0 Å². The van der Waals surface area contributed by atoms with Crippen LogP contribution in [0.15, 0.2) is 22.8 Å². The molecule has 0 atom stereocenters. The number of nitrogens with zero attached hydrogens (tertiary/aromatic N) is 1. The molecule has 0 radical (unpaired) electrons. The van der Waals surface area contributed by atoms with Gasteiger partial charge >= 0.3 is 0 Å². The molecule has 8 nitrogen and oxygen atoms in total. The van der Waals surface area contributed by atoms with Crippen molar-refractivity contribution in [3.8, 4) is 11.5 Å². The first kappa shape index (κ1) is 19.3. The Labute approximate surface area is 166 Å². The summed E-state index contributed by atoms with van der Waals surface area (Å²) in [6, 6.07) is 3.50. The maximum absolute atomic E-state index is 13.1. The van der Waals surface area contributed by atoms with Crippen molar-refractivity contribution in [3.63, 3.8) is 0 Å². The second kappa shape index (κ2) is 8.12. The van der Waals surface area contributed by atoms with Crippen LogP contribution < -0.4 is 11.1 Å². The maximum atomic E-state index is 13.1. The van der Waals surface area contributed by atoms with Crippen molar-refractivity contribution >= 4 is 28.2 Å². The van der Waals surface area contributed by atoms with Gasteiger partial charge in [0.25, 0.3) is 0 Å². The molecule has 0 unspecified atom stereocenters. The zero-order valence-electron chi connectivity index (χ0n) is 15.4. The highest BCUT2D eigenvalue weighted by molar-refractivity contribution is 7.18. The molecule has 2 saturated heterocycles. The van der Waals surface area contributed by atoms with E-state index in [2.05, 4.69) is 10.3 Å². The summed E-state index contributed by atoms with van der Waals surface area (Å²) in [5.41, 5.74) is 5.72. The van der Waals surface area contributed by atoms with Gasteiger partial charge in [0.1, 0.15) is 16.1 Å². The number of amides is 1. The van der Waals surface area contributed by atoms with Crippen LogP contribution >= 0.6 is 11.3 Å². The number of carbonyl (C=O) groups excluding carboxylic acids is 2. The molecule has 2 aliphatic rings. The first-order valence-corrected chi connectivity index (χ1v) is 10.2. The monoisotopic (exact) mass is 405 g/mol. The SMILES string of the molecule is NC1(C(=O)Nc2nc(-c3ccco3)c(C(=O)C3CCOCC3)s2)CCOCC1. The minimum Gasteiger partial charge on any atom is -0.463 e. The molecule has 150 valence electrons. The average Bonchev–Trinajstić information content (AvgIpc) is 3.38. The van der Waals surface area contributed by atoms with Gasteiger partial charge in [0.15, 0.2) is 16.7 Å². The van der Waals surface area contributed by atoms with E-state index < -0.39 is 5.54 Å². The third-order valence-corrected chi connectivity index (χ3v) is 6.24. The molecule has 2 aliphatic heterocycles. The first-order valence-electron chi connectivity index (χ1n) is 9.41. The molecule has 0 aromatic carbocycles. The van der Waals surface area contributed by atoms with Crippen molar-refractivity contribution in [3.05, 3.63) is 23.3 Å². The fraction of sp³-hybridized carbons (Fsp3) is 0.526. The van der Waals surface area contributed by atoms with Crippen LogP contribution in [-0.4, -0.2) is 48.6 Å². The summed E-state index contributed by atoms with van der Waals surface area (Å²) in [7, 11) is 0. The number of Topliss-reactive ketones (excluding diaryl/α,β-unsaturated/α-hetero) is 1. The average molecular weight is 405 g/mol. The molecule has 1 amide bonds. The molecule has 2 aromatic heterocycles. The van der Waals surface area contributed by atoms with Gasteiger partial charge in [0.05, 0.1) is 6.26 Å². The number of anilines is 1. The van der Waals surface area contributed by atoms with Gasteiger partial charge in [0, 0.05) is 32.3 Å². The Morgan fingerprint density at radius 3 is 2.57 bits per heavy atom. The Hall–Kier alpha value is -2.07. The number of ether oxygens (including phenoxy) is 2. The third kappa shape index (κ3) is 3.88. The number of carbonyl (C=O) groups is 2. The molecule has 0 saturated carbocycles. The summed E-state index contributed by atoms with van der Waals surface area (Å²) < 4.78 is 16.1. The highest BCUT2D eigenvalue weighted by atomic mass is 32.1. The van der Waals surface area contributed by atoms with Gasteiger partial charge in [-0.3, -0.25) is 9.59 Å². The number of nitrogens with one attached hydrogen (secondary N) is 1. The lowest BCUT2D eigenvalue weighted by Crippen LogP contribution is -2.54. The van der Waals surface area contributed by atoms with Crippen molar-refractivity contribution in [2.45, 2.75) is 31.2 Å². The van der Waals surface area contributed by atoms with Gasteiger partial charge in [-0.2, -0.15) is 0 Å².